The number of ketones is 1. The highest BCUT2D eigenvalue weighted by atomic mass is 32.2. The van der Waals surface area contributed by atoms with E-state index in [0.29, 0.717) is 40.1 Å². The highest BCUT2D eigenvalue weighted by Crippen LogP contribution is 2.46. The van der Waals surface area contributed by atoms with Crippen LogP contribution in [0.5, 0.6) is 0 Å². The zero-order valence-corrected chi connectivity index (χ0v) is 23.5. The summed E-state index contributed by atoms with van der Waals surface area (Å²) in [7, 11) is -3.90. The quantitative estimate of drug-likeness (QED) is 0.344. The van der Waals surface area contributed by atoms with Crippen molar-refractivity contribution in [2.75, 3.05) is 5.32 Å². The second-order valence-corrected chi connectivity index (χ2v) is 13.1. The normalized spacial score (nSPS) is 22.8. The van der Waals surface area contributed by atoms with Crippen LogP contribution in [0.3, 0.4) is 0 Å². The van der Waals surface area contributed by atoms with E-state index in [2.05, 4.69) is 15.3 Å². The van der Waals surface area contributed by atoms with Gasteiger partial charge in [0.05, 0.1) is 4.90 Å². The minimum absolute atomic E-state index is 0.0104. The maximum absolute atomic E-state index is 13.7. The Kier molecular flexibility index (Phi) is 6.29. The predicted octanol–water partition coefficient (Wildman–Crippen LogP) is 5.46. The number of anilines is 1. The zero-order chi connectivity index (χ0) is 27.5. The summed E-state index contributed by atoms with van der Waals surface area (Å²) in [6, 6.07) is 8.75. The van der Waals surface area contributed by atoms with Crippen molar-refractivity contribution in [3.05, 3.63) is 65.6 Å². The first-order valence-corrected chi connectivity index (χ1v) is 15.0. The van der Waals surface area contributed by atoms with Crippen molar-refractivity contribution in [3.8, 4) is 11.4 Å². The van der Waals surface area contributed by atoms with Gasteiger partial charge in [-0.25, -0.2) is 27.3 Å². The molecular weight excluding hydrogens is 510 g/mol. The van der Waals surface area contributed by atoms with Crippen molar-refractivity contribution in [2.24, 2.45) is 17.8 Å². The molecule has 3 aliphatic rings. The van der Waals surface area contributed by atoms with Crippen molar-refractivity contribution < 1.29 is 13.2 Å². The first-order valence-electron chi connectivity index (χ1n) is 13.5. The second kappa shape index (κ2) is 9.55. The molecule has 3 fully saturated rings. The summed E-state index contributed by atoms with van der Waals surface area (Å²) in [6.07, 6.45) is 9.47. The number of aryl methyl sites for hydroxylation is 3. The van der Waals surface area contributed by atoms with Crippen molar-refractivity contribution in [3.63, 3.8) is 0 Å². The lowest BCUT2D eigenvalue weighted by atomic mass is 9.60. The Morgan fingerprint density at radius 1 is 0.949 bits per heavy atom. The molecule has 8 nitrogen and oxygen atoms in total. The van der Waals surface area contributed by atoms with Crippen LogP contribution in [0.25, 0.3) is 22.4 Å². The van der Waals surface area contributed by atoms with E-state index in [-0.39, 0.29) is 22.6 Å². The number of nitrogens with one attached hydrogen (secondary N) is 1. The monoisotopic (exact) mass is 543 g/mol. The highest BCUT2D eigenvalue weighted by Gasteiger charge is 2.46. The smallest absolute Gasteiger partial charge is 0.269 e. The van der Waals surface area contributed by atoms with E-state index >= 15 is 0 Å². The van der Waals surface area contributed by atoms with Gasteiger partial charge >= 0.3 is 0 Å². The molecule has 3 heterocycles. The molecule has 1 aromatic carbocycles. The Morgan fingerprint density at radius 3 is 2.33 bits per heavy atom. The number of rotatable bonds is 6. The number of nitrogens with zero attached hydrogens (tertiary/aromatic N) is 4. The first-order chi connectivity index (χ1) is 18.6. The molecule has 2 bridgehead atoms. The van der Waals surface area contributed by atoms with Gasteiger partial charge in [0, 0.05) is 47.1 Å². The molecule has 0 amide bonds. The fourth-order valence-electron chi connectivity index (χ4n) is 6.49. The third-order valence-electron chi connectivity index (χ3n) is 8.53. The SMILES string of the molecule is CC(=O)[C@H]1C2CCC(CC2)C1Nc1nc(-c2cn(S(=O)(=O)c3ccc(C)cc3)c3ncc(C)cc23)ncc1C. The summed E-state index contributed by atoms with van der Waals surface area (Å²) in [4.78, 5) is 26.8. The minimum Gasteiger partial charge on any atom is -0.366 e. The standard InChI is InChI=1S/C30H33N5O3S/c1-17-5-11-23(12-6-17)39(37,38)35-16-25(24-13-18(2)14-32-30(24)35)29-31-15-19(3)28(34-29)33-27-22-9-7-21(8-10-22)26(27)20(4)36/h5-6,11-16,21-22,26-27H,7-10H2,1-4H3,(H,31,33,34)/t21?,22?,26-,27?/m0/s1. The average molecular weight is 544 g/mol. The molecule has 3 aromatic heterocycles. The Balaban J connectivity index is 1.44. The van der Waals surface area contributed by atoms with Gasteiger partial charge in [0.2, 0.25) is 0 Å². The Labute approximate surface area is 229 Å². The van der Waals surface area contributed by atoms with E-state index in [4.69, 9.17) is 4.98 Å². The molecule has 7 rings (SSSR count). The maximum atomic E-state index is 13.7. The van der Waals surface area contributed by atoms with Gasteiger partial charge in [-0.15, -0.1) is 0 Å². The summed E-state index contributed by atoms with van der Waals surface area (Å²) < 4.78 is 28.6. The Bertz CT molecular complexity index is 1690. The lowest BCUT2D eigenvalue weighted by Crippen LogP contribution is -2.51. The van der Waals surface area contributed by atoms with E-state index in [0.717, 1.165) is 42.4 Å². The van der Waals surface area contributed by atoms with Gasteiger partial charge in [-0.3, -0.25) is 4.79 Å². The van der Waals surface area contributed by atoms with Gasteiger partial charge in [0.25, 0.3) is 10.0 Å². The Hall–Kier alpha value is -3.59. The van der Waals surface area contributed by atoms with E-state index in [9.17, 15) is 13.2 Å². The number of hydrogen-bond acceptors (Lipinski definition) is 7. The Morgan fingerprint density at radius 2 is 1.64 bits per heavy atom. The third-order valence-corrected chi connectivity index (χ3v) is 10.2. The summed E-state index contributed by atoms with van der Waals surface area (Å²) >= 11 is 0. The number of benzene rings is 1. The van der Waals surface area contributed by atoms with Crippen molar-refractivity contribution in [1.29, 1.82) is 0 Å². The number of fused-ring (bicyclic) bond motifs is 4. The molecule has 3 saturated carbocycles. The van der Waals surface area contributed by atoms with Crippen LogP contribution in [0, 0.1) is 38.5 Å². The largest absolute Gasteiger partial charge is 0.366 e. The molecule has 1 unspecified atom stereocenters. The van der Waals surface area contributed by atoms with Crippen LogP contribution in [0.1, 0.15) is 49.3 Å². The molecule has 0 saturated heterocycles. The van der Waals surface area contributed by atoms with Crippen LogP contribution in [0.2, 0.25) is 0 Å². The summed E-state index contributed by atoms with van der Waals surface area (Å²) in [5.41, 5.74) is 3.69. The maximum Gasteiger partial charge on any atom is 0.269 e. The number of carbonyl (C=O) groups excluding carboxylic acids is 1. The molecule has 0 radical (unpaired) electrons. The van der Waals surface area contributed by atoms with E-state index in [1.807, 2.05) is 26.8 Å². The van der Waals surface area contributed by atoms with Gasteiger partial charge in [-0.2, -0.15) is 0 Å². The van der Waals surface area contributed by atoms with E-state index in [1.165, 1.54) is 3.97 Å². The van der Waals surface area contributed by atoms with Crippen LogP contribution < -0.4 is 5.32 Å². The zero-order valence-electron chi connectivity index (χ0n) is 22.7. The summed E-state index contributed by atoms with van der Waals surface area (Å²) in [5.74, 6) is 2.19. The summed E-state index contributed by atoms with van der Waals surface area (Å²) in [5, 5.41) is 4.30. The molecule has 4 aromatic rings. The van der Waals surface area contributed by atoms with Crippen LogP contribution in [-0.4, -0.2) is 39.2 Å². The highest BCUT2D eigenvalue weighted by molar-refractivity contribution is 7.90. The van der Waals surface area contributed by atoms with Crippen molar-refractivity contribution >= 4 is 32.7 Å². The molecule has 39 heavy (non-hydrogen) atoms. The van der Waals surface area contributed by atoms with Gasteiger partial charge in [0.1, 0.15) is 11.6 Å². The third kappa shape index (κ3) is 4.42. The number of pyridine rings is 1. The fourth-order valence-corrected chi connectivity index (χ4v) is 7.81. The van der Waals surface area contributed by atoms with E-state index in [1.54, 1.807) is 49.8 Å². The molecule has 3 aliphatic carbocycles. The fraction of sp³-hybridized carbons (Fsp3) is 0.400. The lowest BCUT2D eigenvalue weighted by molar-refractivity contribution is -0.126. The molecular formula is C30H33N5O3S. The van der Waals surface area contributed by atoms with Crippen molar-refractivity contribution in [2.45, 2.75) is 64.3 Å². The topological polar surface area (TPSA) is 107 Å². The van der Waals surface area contributed by atoms with Gasteiger partial charge in [0.15, 0.2) is 11.5 Å². The average Bonchev–Trinajstić information content (AvgIpc) is 3.30. The number of carbonyl (C=O) groups is 1. The number of Topliss-reactive ketones (excluding diaryl/α,β-unsaturated/α-hetero) is 1. The molecule has 0 aliphatic heterocycles. The number of aromatic nitrogens is 4. The van der Waals surface area contributed by atoms with Gasteiger partial charge < -0.3 is 5.32 Å². The van der Waals surface area contributed by atoms with Gasteiger partial charge in [-0.1, -0.05) is 17.7 Å². The number of hydrogen-bond donors (Lipinski definition) is 1. The molecule has 0 spiro atoms. The molecule has 9 heteroatoms. The summed E-state index contributed by atoms with van der Waals surface area (Å²) in [6.45, 7) is 7.50. The molecule has 2 atom stereocenters. The predicted molar refractivity (Wildman–Crippen MR) is 151 cm³/mol. The van der Waals surface area contributed by atoms with Crippen LogP contribution >= 0.6 is 0 Å². The first kappa shape index (κ1) is 25.7. The molecule has 1 N–H and O–H groups in total. The minimum atomic E-state index is -3.90. The molecule has 202 valence electrons. The van der Waals surface area contributed by atoms with E-state index < -0.39 is 10.0 Å². The lowest BCUT2D eigenvalue weighted by Gasteiger charge is -2.48. The van der Waals surface area contributed by atoms with Gasteiger partial charge in [-0.05, 0) is 89.0 Å². The van der Waals surface area contributed by atoms with Crippen LogP contribution in [0.4, 0.5) is 5.82 Å². The second-order valence-electron chi connectivity index (χ2n) is 11.2. The van der Waals surface area contributed by atoms with Crippen LogP contribution in [-0.2, 0) is 14.8 Å². The van der Waals surface area contributed by atoms with Crippen molar-refractivity contribution in [1.82, 2.24) is 18.9 Å². The van der Waals surface area contributed by atoms with Crippen LogP contribution in [0.15, 0.2) is 53.8 Å².